The van der Waals surface area contributed by atoms with Crippen molar-refractivity contribution >= 4 is 23.0 Å². The maximum Gasteiger partial charge on any atom is 0.337 e. The molecule has 2 heterocycles. The third kappa shape index (κ3) is 5.90. The van der Waals surface area contributed by atoms with E-state index in [1.54, 1.807) is 23.5 Å². The van der Waals surface area contributed by atoms with Gasteiger partial charge in [0.05, 0.1) is 18.8 Å². The first-order valence-electron chi connectivity index (χ1n) is 12.7. The van der Waals surface area contributed by atoms with Crippen molar-refractivity contribution in [3.8, 4) is 21.1 Å². The molecule has 6 nitrogen and oxygen atoms in total. The van der Waals surface area contributed by atoms with E-state index in [4.69, 9.17) is 9.47 Å². The number of hydrogen-bond acceptors (Lipinski definition) is 7. The molecule has 1 saturated heterocycles. The number of carbonyl (C=O) groups excluding carboxylic acids is 1. The lowest BCUT2D eigenvalue weighted by atomic mass is 9.90. The molecule has 184 valence electrons. The summed E-state index contributed by atoms with van der Waals surface area (Å²) in [5.74, 6) is 0.445. The molecule has 1 aromatic heterocycles. The van der Waals surface area contributed by atoms with E-state index in [-0.39, 0.29) is 5.97 Å². The SMILES string of the molecule is COC(=O)c1ccc(-c2nnc(-c3ccc(N4CCC(OCC5CCCCC5)CC4)cc3)s2)cc1. The minimum atomic E-state index is -0.342. The third-order valence-electron chi connectivity index (χ3n) is 7.19. The van der Waals surface area contributed by atoms with Crippen LogP contribution in [0.15, 0.2) is 48.5 Å². The van der Waals surface area contributed by atoms with Crippen molar-refractivity contribution in [1.29, 1.82) is 0 Å². The first-order valence-corrected chi connectivity index (χ1v) is 13.5. The molecule has 35 heavy (non-hydrogen) atoms. The second-order valence-electron chi connectivity index (χ2n) is 9.55. The molecule has 2 aromatic carbocycles. The van der Waals surface area contributed by atoms with Crippen molar-refractivity contribution in [1.82, 2.24) is 10.2 Å². The number of rotatable bonds is 7. The van der Waals surface area contributed by atoms with Gasteiger partial charge in [-0.1, -0.05) is 42.7 Å². The smallest absolute Gasteiger partial charge is 0.337 e. The first kappa shape index (κ1) is 23.9. The summed E-state index contributed by atoms with van der Waals surface area (Å²) in [6.45, 7) is 3.04. The molecule has 0 spiro atoms. The molecule has 5 rings (SSSR count). The van der Waals surface area contributed by atoms with E-state index in [0.29, 0.717) is 11.7 Å². The Morgan fingerprint density at radius 2 is 1.49 bits per heavy atom. The highest BCUT2D eigenvalue weighted by Crippen LogP contribution is 2.32. The molecule has 0 atom stereocenters. The zero-order valence-corrected chi connectivity index (χ0v) is 21.1. The van der Waals surface area contributed by atoms with Crippen LogP contribution in [0.5, 0.6) is 0 Å². The summed E-state index contributed by atoms with van der Waals surface area (Å²) in [7, 11) is 1.38. The Hall–Kier alpha value is -2.77. The van der Waals surface area contributed by atoms with Gasteiger partial charge in [0, 0.05) is 36.5 Å². The van der Waals surface area contributed by atoms with Crippen LogP contribution in [0.1, 0.15) is 55.3 Å². The van der Waals surface area contributed by atoms with Crippen molar-refractivity contribution in [3.63, 3.8) is 0 Å². The molecular formula is C28H33N3O3S. The lowest BCUT2D eigenvalue weighted by Gasteiger charge is -2.34. The zero-order valence-electron chi connectivity index (χ0n) is 20.3. The average molecular weight is 492 g/mol. The van der Waals surface area contributed by atoms with Crippen LogP contribution in [0.4, 0.5) is 5.69 Å². The molecule has 0 unspecified atom stereocenters. The normalized spacial score (nSPS) is 17.5. The van der Waals surface area contributed by atoms with E-state index >= 15 is 0 Å². The summed E-state index contributed by atoms with van der Waals surface area (Å²) in [6.07, 6.45) is 9.47. The maximum absolute atomic E-state index is 11.6. The summed E-state index contributed by atoms with van der Waals surface area (Å²) < 4.78 is 11.0. The van der Waals surface area contributed by atoms with Crippen LogP contribution in [0, 0.1) is 5.92 Å². The zero-order chi connectivity index (χ0) is 24.0. The number of hydrogen-bond donors (Lipinski definition) is 0. The lowest BCUT2D eigenvalue weighted by molar-refractivity contribution is 0.00810. The Bertz CT molecular complexity index is 1100. The van der Waals surface area contributed by atoms with E-state index in [1.165, 1.54) is 44.9 Å². The van der Waals surface area contributed by atoms with Crippen molar-refractivity contribution in [2.45, 2.75) is 51.0 Å². The fourth-order valence-electron chi connectivity index (χ4n) is 5.04. The summed E-state index contributed by atoms with van der Waals surface area (Å²) in [5.41, 5.74) is 3.78. The number of methoxy groups -OCH3 is 1. The average Bonchev–Trinajstić information content (AvgIpc) is 3.43. The Morgan fingerprint density at radius 1 is 0.886 bits per heavy atom. The fourth-order valence-corrected chi connectivity index (χ4v) is 5.90. The molecule has 2 fully saturated rings. The van der Waals surface area contributed by atoms with Gasteiger partial charge in [-0.25, -0.2) is 4.79 Å². The monoisotopic (exact) mass is 491 g/mol. The van der Waals surface area contributed by atoms with Crippen LogP contribution in [0.25, 0.3) is 21.1 Å². The van der Waals surface area contributed by atoms with Crippen LogP contribution < -0.4 is 4.90 Å². The topological polar surface area (TPSA) is 64.5 Å². The maximum atomic E-state index is 11.6. The number of aromatic nitrogens is 2. The highest BCUT2D eigenvalue weighted by molar-refractivity contribution is 7.17. The van der Waals surface area contributed by atoms with Crippen LogP contribution >= 0.6 is 11.3 Å². The van der Waals surface area contributed by atoms with Crippen LogP contribution in [0.3, 0.4) is 0 Å². The number of esters is 1. The van der Waals surface area contributed by atoms with Crippen molar-refractivity contribution in [3.05, 3.63) is 54.1 Å². The molecule has 1 saturated carbocycles. The molecule has 0 amide bonds. The summed E-state index contributed by atoms with van der Waals surface area (Å²) in [5, 5.41) is 10.5. The molecule has 0 bridgehead atoms. The van der Waals surface area contributed by atoms with Crippen LogP contribution in [0.2, 0.25) is 0 Å². The molecular weight excluding hydrogens is 458 g/mol. The van der Waals surface area contributed by atoms with E-state index in [9.17, 15) is 4.79 Å². The van der Waals surface area contributed by atoms with Gasteiger partial charge in [0.1, 0.15) is 10.0 Å². The fraction of sp³-hybridized carbons (Fsp3) is 0.464. The summed E-state index contributed by atoms with van der Waals surface area (Å²) >= 11 is 1.55. The second kappa shape index (κ2) is 11.3. The number of carbonyl (C=O) groups is 1. The van der Waals surface area contributed by atoms with Gasteiger partial charge in [-0.2, -0.15) is 0 Å². The van der Waals surface area contributed by atoms with E-state index < -0.39 is 0 Å². The number of ether oxygens (including phenoxy) is 2. The number of benzene rings is 2. The van der Waals surface area contributed by atoms with Crippen molar-refractivity contribution < 1.29 is 14.3 Å². The Labute approximate surface area is 211 Å². The molecule has 0 N–H and O–H groups in total. The largest absolute Gasteiger partial charge is 0.465 e. The standard InChI is InChI=1S/C28H33N3O3S/c1-33-28(32)23-9-7-21(8-10-23)26-29-30-27(35-26)22-11-13-24(14-12-22)31-17-15-25(16-18-31)34-19-20-5-3-2-4-6-20/h7-14,20,25H,2-6,15-19H2,1H3. The molecule has 7 heteroatoms. The number of piperidine rings is 1. The van der Waals surface area contributed by atoms with Gasteiger partial charge in [0.25, 0.3) is 0 Å². The minimum absolute atomic E-state index is 0.342. The molecule has 0 radical (unpaired) electrons. The van der Waals surface area contributed by atoms with E-state index in [1.807, 2.05) is 12.1 Å². The van der Waals surface area contributed by atoms with Crippen molar-refractivity contribution in [2.75, 3.05) is 31.7 Å². The first-order chi connectivity index (χ1) is 17.2. The van der Waals surface area contributed by atoms with Gasteiger partial charge in [-0.15, -0.1) is 10.2 Å². The quantitative estimate of drug-likeness (QED) is 0.365. The minimum Gasteiger partial charge on any atom is -0.465 e. The van der Waals surface area contributed by atoms with Gasteiger partial charge in [0.15, 0.2) is 0 Å². The molecule has 2 aliphatic rings. The third-order valence-corrected chi connectivity index (χ3v) is 8.21. The lowest BCUT2D eigenvalue weighted by Crippen LogP contribution is -2.37. The predicted molar refractivity (Wildman–Crippen MR) is 140 cm³/mol. The molecule has 1 aliphatic heterocycles. The van der Waals surface area contributed by atoms with E-state index in [0.717, 1.165) is 59.6 Å². The van der Waals surface area contributed by atoms with Gasteiger partial charge in [-0.3, -0.25) is 0 Å². The Balaban J connectivity index is 1.15. The van der Waals surface area contributed by atoms with Crippen LogP contribution in [-0.2, 0) is 9.47 Å². The number of nitrogens with zero attached hydrogens (tertiary/aromatic N) is 3. The predicted octanol–water partition coefficient (Wildman–Crippen LogP) is 6.22. The summed E-state index contributed by atoms with van der Waals surface area (Å²) in [4.78, 5) is 14.1. The summed E-state index contributed by atoms with van der Waals surface area (Å²) in [6, 6.07) is 15.9. The van der Waals surface area contributed by atoms with Gasteiger partial charge < -0.3 is 14.4 Å². The van der Waals surface area contributed by atoms with Crippen molar-refractivity contribution in [2.24, 2.45) is 5.92 Å². The van der Waals surface area contributed by atoms with Gasteiger partial charge in [0.2, 0.25) is 0 Å². The highest BCUT2D eigenvalue weighted by Gasteiger charge is 2.22. The number of anilines is 1. The van der Waals surface area contributed by atoms with Gasteiger partial charge >= 0.3 is 5.97 Å². The van der Waals surface area contributed by atoms with Crippen LogP contribution in [-0.4, -0.2) is 49.1 Å². The second-order valence-corrected chi connectivity index (χ2v) is 10.5. The van der Waals surface area contributed by atoms with E-state index in [2.05, 4.69) is 39.4 Å². The molecule has 1 aliphatic carbocycles. The molecule has 3 aromatic rings. The highest BCUT2D eigenvalue weighted by atomic mass is 32.1. The Morgan fingerprint density at radius 3 is 2.09 bits per heavy atom. The van der Waals surface area contributed by atoms with Gasteiger partial charge in [-0.05, 0) is 68.0 Å². The Kier molecular flexibility index (Phi) is 7.74.